The quantitative estimate of drug-likeness (QED) is 0.765. The van der Waals surface area contributed by atoms with E-state index in [9.17, 15) is 4.79 Å². The number of hydrogen-bond acceptors (Lipinski definition) is 2. The largest absolute Gasteiger partial charge is 0.370 e. The highest BCUT2D eigenvalue weighted by Gasteiger charge is 2.18. The van der Waals surface area contributed by atoms with E-state index in [1.807, 2.05) is 0 Å². The molecule has 3 nitrogen and oxygen atoms in total. The highest BCUT2D eigenvalue weighted by atomic mass is 16.1. The minimum atomic E-state index is 0.181. The number of unbranched alkanes of at least 4 members (excludes halogenated alkanes) is 2. The van der Waals surface area contributed by atoms with Crippen LogP contribution in [0.15, 0.2) is 24.3 Å². The molecule has 0 saturated carbocycles. The molecule has 19 heavy (non-hydrogen) atoms. The molecule has 0 radical (unpaired) electrons. The number of nitrogens with one attached hydrogen (secondary N) is 1. The Morgan fingerprint density at radius 3 is 3.00 bits per heavy atom. The molecule has 1 amide bonds. The van der Waals surface area contributed by atoms with Crippen LogP contribution in [0.25, 0.3) is 0 Å². The van der Waals surface area contributed by atoms with Crippen molar-refractivity contribution in [1.82, 2.24) is 5.32 Å². The maximum absolute atomic E-state index is 11.7. The van der Waals surface area contributed by atoms with Crippen LogP contribution >= 0.6 is 0 Å². The molecule has 0 bridgehead atoms. The van der Waals surface area contributed by atoms with Gasteiger partial charge in [-0.1, -0.05) is 38.0 Å². The zero-order chi connectivity index (χ0) is 13.5. The average molecular weight is 260 g/mol. The van der Waals surface area contributed by atoms with Gasteiger partial charge in [0.15, 0.2) is 0 Å². The van der Waals surface area contributed by atoms with E-state index in [1.165, 1.54) is 24.1 Å². The number of benzene rings is 1. The van der Waals surface area contributed by atoms with E-state index in [0.717, 1.165) is 32.5 Å². The molecular weight excluding hydrogens is 236 g/mol. The highest BCUT2D eigenvalue weighted by molar-refractivity contribution is 5.76. The Morgan fingerprint density at radius 2 is 2.16 bits per heavy atom. The molecule has 0 aromatic heterocycles. The van der Waals surface area contributed by atoms with Crippen molar-refractivity contribution in [3.8, 4) is 0 Å². The summed E-state index contributed by atoms with van der Waals surface area (Å²) in [5.74, 6) is 0.181. The smallest absolute Gasteiger partial charge is 0.221 e. The number of nitrogens with zero attached hydrogens (tertiary/aromatic N) is 1. The Labute approximate surface area is 116 Å². The Bertz CT molecular complexity index is 417. The van der Waals surface area contributed by atoms with Gasteiger partial charge in [0.05, 0.1) is 0 Å². The predicted octanol–water partition coefficient (Wildman–Crippen LogP) is 2.75. The van der Waals surface area contributed by atoms with Crippen LogP contribution < -0.4 is 10.2 Å². The lowest BCUT2D eigenvalue weighted by Gasteiger charge is -2.18. The van der Waals surface area contributed by atoms with Crippen LogP contribution in [0.5, 0.6) is 0 Å². The molecular formula is C16H24N2O. The van der Waals surface area contributed by atoms with Gasteiger partial charge in [0.25, 0.3) is 0 Å². The lowest BCUT2D eigenvalue weighted by Crippen LogP contribution is -2.30. The van der Waals surface area contributed by atoms with Crippen molar-refractivity contribution in [2.24, 2.45) is 0 Å². The maximum Gasteiger partial charge on any atom is 0.221 e. The van der Waals surface area contributed by atoms with Crippen LogP contribution in [0.3, 0.4) is 0 Å². The topological polar surface area (TPSA) is 32.3 Å². The van der Waals surface area contributed by atoms with Gasteiger partial charge in [0.1, 0.15) is 0 Å². The van der Waals surface area contributed by atoms with Crippen molar-refractivity contribution >= 4 is 11.6 Å². The second-order valence-electron chi connectivity index (χ2n) is 5.17. The first-order chi connectivity index (χ1) is 9.31. The summed E-state index contributed by atoms with van der Waals surface area (Å²) in [6, 6.07) is 8.49. The van der Waals surface area contributed by atoms with Crippen LogP contribution in [0, 0.1) is 0 Å². The molecule has 0 aliphatic carbocycles. The summed E-state index contributed by atoms with van der Waals surface area (Å²) in [6.07, 6.45) is 5.18. The van der Waals surface area contributed by atoms with Gasteiger partial charge in [0, 0.05) is 31.7 Å². The van der Waals surface area contributed by atoms with Crippen LogP contribution in [-0.4, -0.2) is 25.5 Å². The lowest BCUT2D eigenvalue weighted by atomic mass is 10.2. The molecule has 1 aromatic carbocycles. The van der Waals surface area contributed by atoms with Crippen LogP contribution in [-0.2, 0) is 11.2 Å². The molecule has 1 aliphatic heterocycles. The van der Waals surface area contributed by atoms with E-state index < -0.39 is 0 Å². The number of fused-ring (bicyclic) bond motifs is 1. The summed E-state index contributed by atoms with van der Waals surface area (Å²) in [4.78, 5) is 14.1. The first-order valence-corrected chi connectivity index (χ1v) is 7.41. The molecule has 1 aliphatic rings. The van der Waals surface area contributed by atoms with Gasteiger partial charge in [0.2, 0.25) is 5.91 Å². The third-order valence-electron chi connectivity index (χ3n) is 3.69. The SMILES string of the molecule is CCCCCNC(=O)CCN1CCc2ccccc21. The van der Waals surface area contributed by atoms with Gasteiger partial charge in [-0.3, -0.25) is 4.79 Å². The summed E-state index contributed by atoms with van der Waals surface area (Å²) in [5.41, 5.74) is 2.71. The van der Waals surface area contributed by atoms with E-state index in [0.29, 0.717) is 6.42 Å². The van der Waals surface area contributed by atoms with E-state index in [-0.39, 0.29) is 5.91 Å². The molecule has 1 aromatic rings. The Morgan fingerprint density at radius 1 is 1.32 bits per heavy atom. The predicted molar refractivity (Wildman–Crippen MR) is 79.5 cm³/mol. The van der Waals surface area contributed by atoms with E-state index in [1.54, 1.807) is 0 Å². The zero-order valence-electron chi connectivity index (χ0n) is 11.8. The summed E-state index contributed by atoms with van der Waals surface area (Å²) in [6.45, 7) is 4.87. The van der Waals surface area contributed by atoms with E-state index in [2.05, 4.69) is 41.4 Å². The van der Waals surface area contributed by atoms with Crippen molar-refractivity contribution in [3.63, 3.8) is 0 Å². The molecule has 0 unspecified atom stereocenters. The number of amides is 1. The summed E-state index contributed by atoms with van der Waals surface area (Å²) in [7, 11) is 0. The van der Waals surface area contributed by atoms with Crippen LogP contribution in [0.2, 0.25) is 0 Å². The van der Waals surface area contributed by atoms with Gasteiger partial charge >= 0.3 is 0 Å². The Kier molecular flexibility index (Phi) is 5.25. The second kappa shape index (κ2) is 7.17. The third kappa shape index (κ3) is 3.98. The normalized spacial score (nSPS) is 13.4. The summed E-state index contributed by atoms with van der Waals surface area (Å²) >= 11 is 0. The van der Waals surface area contributed by atoms with Gasteiger partial charge in [-0.05, 0) is 24.5 Å². The fraction of sp³-hybridized carbons (Fsp3) is 0.562. The first-order valence-electron chi connectivity index (χ1n) is 7.41. The number of carbonyl (C=O) groups excluding carboxylic acids is 1. The van der Waals surface area contributed by atoms with Crippen molar-refractivity contribution < 1.29 is 4.79 Å². The number of para-hydroxylation sites is 1. The monoisotopic (exact) mass is 260 g/mol. The molecule has 0 fully saturated rings. The van der Waals surface area contributed by atoms with E-state index >= 15 is 0 Å². The molecule has 104 valence electrons. The molecule has 0 spiro atoms. The minimum Gasteiger partial charge on any atom is -0.370 e. The van der Waals surface area contributed by atoms with Crippen molar-refractivity contribution in [1.29, 1.82) is 0 Å². The molecule has 0 saturated heterocycles. The lowest BCUT2D eigenvalue weighted by molar-refractivity contribution is -0.120. The molecule has 3 heteroatoms. The van der Waals surface area contributed by atoms with Crippen molar-refractivity contribution in [3.05, 3.63) is 29.8 Å². The summed E-state index contributed by atoms with van der Waals surface area (Å²) in [5, 5.41) is 3.00. The highest BCUT2D eigenvalue weighted by Crippen LogP contribution is 2.27. The minimum absolute atomic E-state index is 0.181. The Balaban J connectivity index is 1.70. The maximum atomic E-state index is 11.7. The fourth-order valence-corrected chi connectivity index (χ4v) is 2.57. The molecule has 2 rings (SSSR count). The van der Waals surface area contributed by atoms with E-state index in [4.69, 9.17) is 0 Å². The Hall–Kier alpha value is -1.51. The van der Waals surface area contributed by atoms with Crippen LogP contribution in [0.4, 0.5) is 5.69 Å². The number of carbonyl (C=O) groups is 1. The standard InChI is InChI=1S/C16H24N2O/c1-2-3-6-11-17-16(19)10-13-18-12-9-14-7-4-5-8-15(14)18/h4-5,7-8H,2-3,6,9-13H2,1H3,(H,17,19). The van der Waals surface area contributed by atoms with Crippen LogP contribution in [0.1, 0.15) is 38.2 Å². The second-order valence-corrected chi connectivity index (χ2v) is 5.17. The molecule has 1 heterocycles. The van der Waals surface area contributed by atoms with Crippen molar-refractivity contribution in [2.45, 2.75) is 39.0 Å². The fourth-order valence-electron chi connectivity index (χ4n) is 2.57. The molecule has 1 N–H and O–H groups in total. The third-order valence-corrected chi connectivity index (χ3v) is 3.69. The zero-order valence-corrected chi connectivity index (χ0v) is 11.8. The van der Waals surface area contributed by atoms with Gasteiger partial charge in [-0.25, -0.2) is 0 Å². The number of hydrogen-bond donors (Lipinski definition) is 1. The number of rotatable bonds is 7. The van der Waals surface area contributed by atoms with Crippen molar-refractivity contribution in [2.75, 3.05) is 24.5 Å². The van der Waals surface area contributed by atoms with Gasteiger partial charge in [-0.2, -0.15) is 0 Å². The number of anilines is 1. The summed E-state index contributed by atoms with van der Waals surface area (Å²) < 4.78 is 0. The average Bonchev–Trinajstić information content (AvgIpc) is 2.85. The first kappa shape index (κ1) is 13.9. The van der Waals surface area contributed by atoms with Gasteiger partial charge < -0.3 is 10.2 Å². The molecule has 0 atom stereocenters. The van der Waals surface area contributed by atoms with Gasteiger partial charge in [-0.15, -0.1) is 0 Å².